The molecule has 1 aromatic heterocycles. The van der Waals surface area contributed by atoms with Crippen LogP contribution in [0.25, 0.3) is 0 Å². The van der Waals surface area contributed by atoms with Gasteiger partial charge >= 0.3 is 0 Å². The van der Waals surface area contributed by atoms with E-state index in [4.69, 9.17) is 4.99 Å². The third-order valence-corrected chi connectivity index (χ3v) is 4.81. The van der Waals surface area contributed by atoms with E-state index in [0.29, 0.717) is 0 Å². The lowest BCUT2D eigenvalue weighted by atomic mass is 10.1. The molecule has 1 fully saturated rings. The van der Waals surface area contributed by atoms with Crippen LogP contribution in [0.1, 0.15) is 18.1 Å². The van der Waals surface area contributed by atoms with Crippen molar-refractivity contribution >= 4 is 11.6 Å². The molecule has 1 aliphatic rings. The molecule has 138 valence electrons. The van der Waals surface area contributed by atoms with Crippen LogP contribution in [0.5, 0.6) is 0 Å². The van der Waals surface area contributed by atoms with Gasteiger partial charge in [0.2, 0.25) is 0 Å². The van der Waals surface area contributed by atoms with Gasteiger partial charge in [-0.2, -0.15) is 0 Å². The Morgan fingerprint density at radius 2 is 1.88 bits per heavy atom. The molecule has 1 aliphatic heterocycles. The summed E-state index contributed by atoms with van der Waals surface area (Å²) in [5.74, 6) is 1.03. The van der Waals surface area contributed by atoms with E-state index in [-0.39, 0.29) is 0 Å². The maximum atomic E-state index is 4.86. The Morgan fingerprint density at radius 1 is 1.12 bits per heavy atom. The third kappa shape index (κ3) is 4.75. The van der Waals surface area contributed by atoms with E-state index in [1.807, 2.05) is 12.4 Å². The number of rotatable bonds is 5. The van der Waals surface area contributed by atoms with Crippen LogP contribution in [-0.2, 0) is 6.42 Å². The van der Waals surface area contributed by atoms with Gasteiger partial charge in [0.05, 0.1) is 0 Å². The van der Waals surface area contributed by atoms with Crippen molar-refractivity contribution in [2.75, 3.05) is 44.2 Å². The number of nitrogens with zero attached hydrogens (tertiary/aromatic N) is 4. The number of guanidine groups is 1. The Labute approximate surface area is 156 Å². The number of benzene rings is 1. The molecule has 1 saturated heterocycles. The van der Waals surface area contributed by atoms with Gasteiger partial charge in [0.25, 0.3) is 0 Å². The van der Waals surface area contributed by atoms with Gasteiger partial charge in [0, 0.05) is 57.3 Å². The maximum Gasteiger partial charge on any atom is 0.194 e. The van der Waals surface area contributed by atoms with E-state index in [1.54, 1.807) is 0 Å². The van der Waals surface area contributed by atoms with Crippen LogP contribution >= 0.6 is 0 Å². The van der Waals surface area contributed by atoms with Crippen LogP contribution in [0.2, 0.25) is 0 Å². The van der Waals surface area contributed by atoms with Crippen molar-refractivity contribution in [1.29, 1.82) is 0 Å². The Kier molecular flexibility index (Phi) is 6.47. The maximum absolute atomic E-state index is 4.86. The molecule has 0 atom stereocenters. The molecule has 0 saturated carbocycles. The highest BCUT2D eigenvalue weighted by atomic mass is 15.3. The molecule has 2 aromatic rings. The van der Waals surface area contributed by atoms with Crippen molar-refractivity contribution in [3.05, 3.63) is 59.9 Å². The standard InChI is InChI=1S/C21H29N5/c1-3-23-21(24-12-10-19-9-11-22-17-18(19)2)26-15-13-25(14-16-26)20-7-5-4-6-8-20/h4-9,11,17H,3,10,12-16H2,1-2H3,(H,23,24). The van der Waals surface area contributed by atoms with Crippen molar-refractivity contribution in [2.24, 2.45) is 4.99 Å². The highest BCUT2D eigenvalue weighted by Crippen LogP contribution is 2.15. The molecule has 2 heterocycles. The molecule has 1 aromatic carbocycles. The average Bonchev–Trinajstić information content (AvgIpc) is 2.69. The first-order chi connectivity index (χ1) is 12.8. The SMILES string of the molecule is CCNC(=NCCc1ccncc1C)N1CCN(c2ccccc2)CC1. The first-order valence-corrected chi connectivity index (χ1v) is 9.50. The van der Waals surface area contributed by atoms with Gasteiger partial charge < -0.3 is 15.1 Å². The highest BCUT2D eigenvalue weighted by molar-refractivity contribution is 5.80. The van der Waals surface area contributed by atoms with E-state index >= 15 is 0 Å². The van der Waals surface area contributed by atoms with Crippen LogP contribution < -0.4 is 10.2 Å². The molecular formula is C21H29N5. The number of hydrogen-bond acceptors (Lipinski definition) is 3. The van der Waals surface area contributed by atoms with Gasteiger partial charge in [0.1, 0.15) is 0 Å². The zero-order valence-corrected chi connectivity index (χ0v) is 15.9. The molecule has 5 nitrogen and oxygen atoms in total. The van der Waals surface area contributed by atoms with E-state index in [1.165, 1.54) is 16.8 Å². The quantitative estimate of drug-likeness (QED) is 0.664. The number of para-hydroxylation sites is 1. The van der Waals surface area contributed by atoms with Crippen molar-refractivity contribution in [3.8, 4) is 0 Å². The number of pyridine rings is 1. The molecule has 0 aliphatic carbocycles. The molecule has 0 spiro atoms. The van der Waals surface area contributed by atoms with Crippen molar-refractivity contribution in [1.82, 2.24) is 15.2 Å². The minimum absolute atomic E-state index is 0.798. The van der Waals surface area contributed by atoms with Crippen molar-refractivity contribution in [3.63, 3.8) is 0 Å². The number of aryl methyl sites for hydroxylation is 1. The van der Waals surface area contributed by atoms with Crippen LogP contribution in [0.4, 0.5) is 5.69 Å². The smallest absolute Gasteiger partial charge is 0.194 e. The predicted molar refractivity (Wildman–Crippen MR) is 109 cm³/mol. The summed E-state index contributed by atoms with van der Waals surface area (Å²) < 4.78 is 0. The molecule has 0 amide bonds. The van der Waals surface area contributed by atoms with E-state index in [2.05, 4.69) is 70.3 Å². The molecule has 5 heteroatoms. The normalized spacial score (nSPS) is 15.2. The Bertz CT molecular complexity index is 705. The summed E-state index contributed by atoms with van der Waals surface area (Å²) in [5.41, 5.74) is 3.87. The molecule has 0 unspecified atom stereocenters. The Hall–Kier alpha value is -2.56. The Balaban J connectivity index is 1.57. The summed E-state index contributed by atoms with van der Waals surface area (Å²) in [5, 5.41) is 3.45. The number of piperazine rings is 1. The van der Waals surface area contributed by atoms with Crippen molar-refractivity contribution < 1.29 is 0 Å². The fourth-order valence-electron chi connectivity index (χ4n) is 3.31. The zero-order valence-electron chi connectivity index (χ0n) is 15.9. The number of aliphatic imine (C=N–C) groups is 1. The van der Waals surface area contributed by atoms with Gasteiger partial charge in [-0.05, 0) is 49.6 Å². The largest absolute Gasteiger partial charge is 0.368 e. The fraction of sp³-hybridized carbons (Fsp3) is 0.429. The summed E-state index contributed by atoms with van der Waals surface area (Å²) in [7, 11) is 0. The van der Waals surface area contributed by atoms with Crippen LogP contribution in [0, 0.1) is 6.92 Å². The minimum Gasteiger partial charge on any atom is -0.368 e. The lowest BCUT2D eigenvalue weighted by Gasteiger charge is -2.37. The number of anilines is 1. The van der Waals surface area contributed by atoms with Crippen molar-refractivity contribution in [2.45, 2.75) is 20.3 Å². The van der Waals surface area contributed by atoms with Crippen LogP contribution in [-0.4, -0.2) is 55.1 Å². The minimum atomic E-state index is 0.798. The van der Waals surface area contributed by atoms with Gasteiger partial charge in [-0.3, -0.25) is 9.98 Å². The second kappa shape index (κ2) is 9.22. The third-order valence-electron chi connectivity index (χ3n) is 4.81. The topological polar surface area (TPSA) is 43.8 Å². The number of aromatic nitrogens is 1. The molecule has 0 radical (unpaired) electrons. The second-order valence-corrected chi connectivity index (χ2v) is 6.60. The monoisotopic (exact) mass is 351 g/mol. The van der Waals surface area contributed by atoms with E-state index < -0.39 is 0 Å². The lowest BCUT2D eigenvalue weighted by molar-refractivity contribution is 0.372. The molecular weight excluding hydrogens is 322 g/mol. The fourth-order valence-corrected chi connectivity index (χ4v) is 3.31. The van der Waals surface area contributed by atoms with Gasteiger partial charge in [-0.25, -0.2) is 0 Å². The van der Waals surface area contributed by atoms with E-state index in [0.717, 1.165) is 51.6 Å². The highest BCUT2D eigenvalue weighted by Gasteiger charge is 2.19. The summed E-state index contributed by atoms with van der Waals surface area (Å²) in [6.45, 7) is 9.97. The first-order valence-electron chi connectivity index (χ1n) is 9.50. The van der Waals surface area contributed by atoms with Gasteiger partial charge in [0.15, 0.2) is 5.96 Å². The summed E-state index contributed by atoms with van der Waals surface area (Å²) in [6.07, 6.45) is 4.74. The molecule has 26 heavy (non-hydrogen) atoms. The van der Waals surface area contributed by atoms with Gasteiger partial charge in [-0.1, -0.05) is 18.2 Å². The summed E-state index contributed by atoms with van der Waals surface area (Å²) in [6, 6.07) is 12.7. The number of nitrogens with one attached hydrogen (secondary N) is 1. The number of hydrogen-bond donors (Lipinski definition) is 1. The Morgan fingerprint density at radius 3 is 2.58 bits per heavy atom. The molecule has 0 bridgehead atoms. The van der Waals surface area contributed by atoms with E-state index in [9.17, 15) is 0 Å². The van der Waals surface area contributed by atoms with Gasteiger partial charge in [-0.15, -0.1) is 0 Å². The van der Waals surface area contributed by atoms with Crippen LogP contribution in [0.15, 0.2) is 53.8 Å². The zero-order chi connectivity index (χ0) is 18.2. The average molecular weight is 351 g/mol. The summed E-state index contributed by atoms with van der Waals surface area (Å²) >= 11 is 0. The second-order valence-electron chi connectivity index (χ2n) is 6.60. The molecule has 3 rings (SSSR count). The summed E-state index contributed by atoms with van der Waals surface area (Å²) in [4.78, 5) is 13.8. The predicted octanol–water partition coefficient (Wildman–Crippen LogP) is 2.72. The molecule has 1 N–H and O–H groups in total. The first kappa shape index (κ1) is 18.2. The van der Waals surface area contributed by atoms with Crippen LogP contribution in [0.3, 0.4) is 0 Å². The lowest BCUT2D eigenvalue weighted by Crippen LogP contribution is -2.52.